The Morgan fingerprint density at radius 2 is 0.808 bits per heavy atom. The van der Waals surface area contributed by atoms with Gasteiger partial charge >= 0.3 is 17.9 Å². The molecule has 1 N–H and O–H groups in total. The fraction of sp³-hybridized carbons (Fsp3) is 0.820. The van der Waals surface area contributed by atoms with Crippen molar-refractivity contribution in [3.63, 3.8) is 0 Å². The van der Waals surface area contributed by atoms with E-state index in [1.807, 2.05) is 0 Å². The molecule has 0 aliphatic heterocycles. The Morgan fingerprint density at radius 3 is 1.15 bits per heavy atom. The highest BCUT2D eigenvalue weighted by atomic mass is 16.7. The molecule has 1 aliphatic rings. The minimum atomic E-state index is -0.495. The van der Waals surface area contributed by atoms with Crippen LogP contribution in [-0.2, 0) is 47.5 Å². The van der Waals surface area contributed by atoms with Crippen LogP contribution in [-0.4, -0.2) is 112 Å². The third kappa shape index (κ3) is 44.0. The number of hydrogen-bond donors (Lipinski definition) is 1. The van der Waals surface area contributed by atoms with Crippen LogP contribution in [0.25, 0.3) is 0 Å². The molecule has 12 heteroatoms. The lowest BCUT2D eigenvalue weighted by atomic mass is 9.94. The maximum atomic E-state index is 13.0. The standard InChI is InChI=1S/C61H109NO11/c1-5-9-13-17-21-34-48-67-60(68-49-35-22-18-14-10-6-2)43-30-28-40-57(64)71-52-55(54-73-59(66)42-32-33-45-62(46-47-63)56-38-26-25-27-39-56)53-72-58(65)41-29-31-44-61(69-50-36-23-19-15-11-7-3)70-51-37-24-20-16-12-8-4/h9-16,55-56,60-61,63H,5-8,17-54H2,1-4H3/b13-9-,14-10-,15-11-,16-12-. The molecular formula is C61H109NO11. The van der Waals surface area contributed by atoms with Gasteiger partial charge in [-0.05, 0) is 173 Å². The van der Waals surface area contributed by atoms with E-state index in [0.29, 0.717) is 71.1 Å². The Labute approximate surface area is 446 Å². The summed E-state index contributed by atoms with van der Waals surface area (Å²) in [5.74, 6) is -1.50. The van der Waals surface area contributed by atoms with Crippen LogP contribution in [0, 0.1) is 5.92 Å². The number of aliphatic hydroxyl groups excluding tert-OH is 1. The number of unbranched alkanes of at least 4 members (excludes halogenated alkanes) is 11. The van der Waals surface area contributed by atoms with Crippen LogP contribution in [0.4, 0.5) is 0 Å². The van der Waals surface area contributed by atoms with Crippen molar-refractivity contribution < 1.29 is 52.6 Å². The van der Waals surface area contributed by atoms with Gasteiger partial charge in [0, 0.05) is 58.3 Å². The number of nitrogens with zero attached hydrogens (tertiary/aromatic N) is 1. The largest absolute Gasteiger partial charge is 0.465 e. The normalized spacial score (nSPS) is 13.7. The van der Waals surface area contributed by atoms with Crippen molar-refractivity contribution in [2.45, 2.75) is 252 Å². The van der Waals surface area contributed by atoms with Gasteiger partial charge in [0.2, 0.25) is 0 Å². The number of carbonyl (C=O) groups excluding carboxylic acids is 3. The first-order chi connectivity index (χ1) is 35.9. The van der Waals surface area contributed by atoms with Gasteiger partial charge in [-0.2, -0.15) is 0 Å². The van der Waals surface area contributed by atoms with Crippen molar-refractivity contribution >= 4 is 17.9 Å². The van der Waals surface area contributed by atoms with Crippen molar-refractivity contribution in [1.29, 1.82) is 0 Å². The monoisotopic (exact) mass is 1030 g/mol. The van der Waals surface area contributed by atoms with Crippen LogP contribution in [0.15, 0.2) is 48.6 Å². The lowest BCUT2D eigenvalue weighted by molar-refractivity contribution is -0.155. The van der Waals surface area contributed by atoms with Crippen molar-refractivity contribution in [1.82, 2.24) is 4.90 Å². The first-order valence-electron chi connectivity index (χ1n) is 29.7. The third-order valence-corrected chi connectivity index (χ3v) is 13.0. The lowest BCUT2D eigenvalue weighted by Crippen LogP contribution is -2.39. The van der Waals surface area contributed by atoms with E-state index < -0.39 is 5.92 Å². The van der Waals surface area contributed by atoms with Crippen molar-refractivity contribution in [3.05, 3.63) is 48.6 Å². The summed E-state index contributed by atoms with van der Waals surface area (Å²) >= 11 is 0. The van der Waals surface area contributed by atoms with Crippen LogP contribution in [0.5, 0.6) is 0 Å². The summed E-state index contributed by atoms with van der Waals surface area (Å²) in [5.41, 5.74) is 0. The Balaban J connectivity index is 2.73. The SMILES string of the molecule is CC/C=C\CCCCOC(CCCCC(=O)OCC(COC(=O)CCCCC(OCCCC/C=C\CC)OCCCC/C=C\CC)COC(=O)CCCCN(CCO)C1CCCCC1)OCCCC/C=C\CC. The first-order valence-corrected chi connectivity index (χ1v) is 29.7. The molecule has 0 heterocycles. The highest BCUT2D eigenvalue weighted by Gasteiger charge is 2.22. The number of ether oxygens (including phenoxy) is 7. The Hall–Kier alpha value is -2.87. The first kappa shape index (κ1) is 68.1. The second kappa shape index (κ2) is 52.6. The molecule has 0 amide bonds. The van der Waals surface area contributed by atoms with Crippen LogP contribution in [0.3, 0.4) is 0 Å². The highest BCUT2D eigenvalue weighted by Crippen LogP contribution is 2.23. The molecule has 1 rings (SSSR count). The zero-order valence-corrected chi connectivity index (χ0v) is 47.1. The smallest absolute Gasteiger partial charge is 0.305 e. The maximum Gasteiger partial charge on any atom is 0.305 e. The van der Waals surface area contributed by atoms with E-state index in [1.165, 1.54) is 32.1 Å². The van der Waals surface area contributed by atoms with Gasteiger partial charge in [0.05, 0.1) is 12.5 Å². The molecule has 12 nitrogen and oxygen atoms in total. The van der Waals surface area contributed by atoms with E-state index in [0.717, 1.165) is 129 Å². The number of carbonyl (C=O) groups is 3. The van der Waals surface area contributed by atoms with Crippen molar-refractivity contribution in [3.8, 4) is 0 Å². The molecule has 0 saturated heterocycles. The van der Waals surface area contributed by atoms with E-state index in [-0.39, 0.29) is 76.2 Å². The predicted molar refractivity (Wildman–Crippen MR) is 297 cm³/mol. The lowest BCUT2D eigenvalue weighted by Gasteiger charge is -2.34. The molecule has 0 spiro atoms. The molecule has 424 valence electrons. The van der Waals surface area contributed by atoms with Crippen LogP contribution < -0.4 is 0 Å². The zero-order chi connectivity index (χ0) is 52.9. The average molecular weight is 1030 g/mol. The number of aliphatic hydroxyl groups is 1. The fourth-order valence-electron chi connectivity index (χ4n) is 8.67. The second-order valence-corrected chi connectivity index (χ2v) is 19.8. The zero-order valence-electron chi connectivity index (χ0n) is 47.1. The highest BCUT2D eigenvalue weighted by molar-refractivity contribution is 5.70. The Kier molecular flexibility index (Phi) is 49.1. The third-order valence-electron chi connectivity index (χ3n) is 13.0. The van der Waals surface area contributed by atoms with Gasteiger partial charge in [0.15, 0.2) is 12.6 Å². The summed E-state index contributed by atoms with van der Waals surface area (Å²) in [5, 5.41) is 9.66. The molecule has 0 atom stereocenters. The molecular weight excluding hydrogens is 923 g/mol. The molecule has 0 aromatic rings. The van der Waals surface area contributed by atoms with Crippen LogP contribution in [0.1, 0.15) is 233 Å². The Morgan fingerprint density at radius 1 is 0.452 bits per heavy atom. The van der Waals surface area contributed by atoms with Gasteiger partial charge in [-0.3, -0.25) is 19.3 Å². The van der Waals surface area contributed by atoms with E-state index in [9.17, 15) is 19.5 Å². The molecule has 0 bridgehead atoms. The quantitative estimate of drug-likeness (QED) is 0.0204. The summed E-state index contributed by atoms with van der Waals surface area (Å²) in [6.07, 6.45) is 46.2. The van der Waals surface area contributed by atoms with E-state index in [2.05, 4.69) is 81.2 Å². The second-order valence-electron chi connectivity index (χ2n) is 19.8. The van der Waals surface area contributed by atoms with Gasteiger partial charge in [0.1, 0.15) is 19.8 Å². The predicted octanol–water partition coefficient (Wildman–Crippen LogP) is 14.4. The molecule has 1 saturated carbocycles. The molecule has 0 unspecified atom stereocenters. The summed E-state index contributed by atoms with van der Waals surface area (Å²) in [4.78, 5) is 41.4. The topological polar surface area (TPSA) is 139 Å². The van der Waals surface area contributed by atoms with Crippen LogP contribution >= 0.6 is 0 Å². The summed E-state index contributed by atoms with van der Waals surface area (Å²) in [7, 11) is 0. The Bertz CT molecular complexity index is 1260. The summed E-state index contributed by atoms with van der Waals surface area (Å²) in [6, 6.07) is 0.505. The van der Waals surface area contributed by atoms with Gasteiger partial charge in [-0.25, -0.2) is 0 Å². The summed E-state index contributed by atoms with van der Waals surface area (Å²) < 4.78 is 41.8. The number of allylic oxidation sites excluding steroid dienone is 8. The molecule has 0 aromatic carbocycles. The van der Waals surface area contributed by atoms with Crippen molar-refractivity contribution in [2.75, 3.05) is 65.9 Å². The average Bonchev–Trinajstić information content (AvgIpc) is 3.40. The van der Waals surface area contributed by atoms with Crippen molar-refractivity contribution in [2.24, 2.45) is 5.92 Å². The maximum absolute atomic E-state index is 13.0. The minimum Gasteiger partial charge on any atom is -0.465 e. The van der Waals surface area contributed by atoms with Crippen LogP contribution in [0.2, 0.25) is 0 Å². The fourth-order valence-corrected chi connectivity index (χ4v) is 8.67. The van der Waals surface area contributed by atoms with E-state index in [4.69, 9.17) is 33.2 Å². The minimum absolute atomic E-state index is 0.0155. The van der Waals surface area contributed by atoms with Gasteiger partial charge in [0.25, 0.3) is 0 Å². The van der Waals surface area contributed by atoms with Gasteiger partial charge < -0.3 is 38.3 Å². The molecule has 0 radical (unpaired) electrons. The van der Waals surface area contributed by atoms with E-state index >= 15 is 0 Å². The molecule has 73 heavy (non-hydrogen) atoms. The molecule has 1 aliphatic carbocycles. The van der Waals surface area contributed by atoms with Gasteiger partial charge in [-0.15, -0.1) is 0 Å². The summed E-state index contributed by atoms with van der Waals surface area (Å²) in [6.45, 7) is 12.7. The molecule has 0 aromatic heterocycles. The van der Waals surface area contributed by atoms with E-state index in [1.54, 1.807) is 0 Å². The number of esters is 3. The van der Waals surface area contributed by atoms with Gasteiger partial charge in [-0.1, -0.05) is 95.6 Å². The number of rotatable bonds is 52. The molecule has 1 fully saturated rings. The number of hydrogen-bond acceptors (Lipinski definition) is 12.